The molecule has 0 aromatic carbocycles. The van der Waals surface area contributed by atoms with Gasteiger partial charge in [-0.2, -0.15) is 0 Å². The summed E-state index contributed by atoms with van der Waals surface area (Å²) < 4.78 is 23.4. The summed E-state index contributed by atoms with van der Waals surface area (Å²) in [6, 6.07) is 4.02. The first-order valence-electron chi connectivity index (χ1n) is 6.42. The van der Waals surface area contributed by atoms with Crippen molar-refractivity contribution in [2.75, 3.05) is 26.4 Å². The Bertz CT molecular complexity index is 522. The highest BCUT2D eigenvalue weighted by Gasteiger charge is 2.22. The summed E-state index contributed by atoms with van der Waals surface area (Å²) in [5.41, 5.74) is 0. The smallest absolute Gasteiger partial charge is 0.235 e. The minimum Gasteiger partial charge on any atom is -0.353 e. The maximum absolute atomic E-state index is 11.8. The Kier molecular flexibility index (Phi) is 6.16. The summed E-state index contributed by atoms with van der Waals surface area (Å²) in [6.45, 7) is 3.56. The molecule has 1 heterocycles. The highest BCUT2D eigenvalue weighted by Crippen LogP contribution is 2.22. The fraction of sp³-hybridized carbons (Fsp3) is 0.615. The summed E-state index contributed by atoms with van der Waals surface area (Å²) in [5, 5.41) is 4.16. The molecule has 0 aliphatic rings. The van der Waals surface area contributed by atoms with E-state index in [2.05, 4.69) is 5.32 Å². The quantitative estimate of drug-likeness (QED) is 0.823. The molecule has 5 nitrogen and oxygen atoms in total. The van der Waals surface area contributed by atoms with Crippen molar-refractivity contribution >= 4 is 27.1 Å². The highest BCUT2D eigenvalue weighted by atomic mass is 32.2. The number of thiophene rings is 1. The molecule has 0 spiro atoms. The molecule has 1 N–H and O–H groups in total. The van der Waals surface area contributed by atoms with E-state index in [-0.39, 0.29) is 6.04 Å². The predicted octanol–water partition coefficient (Wildman–Crippen LogP) is 1.29. The molecular formula is C13H22N2O3S2. The third-order valence-electron chi connectivity index (χ3n) is 3.04. The summed E-state index contributed by atoms with van der Waals surface area (Å²) in [5.74, 6) is -0.892. The first-order chi connectivity index (χ1) is 9.24. The van der Waals surface area contributed by atoms with Gasteiger partial charge in [0.2, 0.25) is 5.91 Å². The Balaban J connectivity index is 2.59. The van der Waals surface area contributed by atoms with E-state index in [1.165, 1.54) is 0 Å². The largest absolute Gasteiger partial charge is 0.353 e. The minimum atomic E-state index is -3.34. The predicted molar refractivity (Wildman–Crippen MR) is 82.7 cm³/mol. The fourth-order valence-corrected chi connectivity index (χ4v) is 3.35. The van der Waals surface area contributed by atoms with E-state index >= 15 is 0 Å². The molecule has 0 fully saturated rings. The average molecular weight is 318 g/mol. The van der Waals surface area contributed by atoms with Crippen LogP contribution < -0.4 is 5.32 Å². The number of sulfone groups is 1. The maximum atomic E-state index is 11.8. The second-order valence-corrected chi connectivity index (χ2v) is 8.69. The number of rotatable bonds is 7. The molecule has 1 aromatic heterocycles. The first kappa shape index (κ1) is 17.1. The Hall–Kier alpha value is -0.920. The van der Waals surface area contributed by atoms with Crippen LogP contribution in [0.3, 0.4) is 0 Å². The molecule has 7 heteroatoms. The van der Waals surface area contributed by atoms with Gasteiger partial charge in [0.1, 0.15) is 5.75 Å². The molecule has 1 amide bonds. The Morgan fingerprint density at radius 2 is 2.05 bits per heavy atom. The van der Waals surface area contributed by atoms with Crippen molar-refractivity contribution in [1.29, 1.82) is 0 Å². The molecule has 0 aliphatic carbocycles. The van der Waals surface area contributed by atoms with Gasteiger partial charge in [-0.1, -0.05) is 6.07 Å². The van der Waals surface area contributed by atoms with Crippen molar-refractivity contribution in [3.63, 3.8) is 0 Å². The van der Waals surface area contributed by atoms with Crippen molar-refractivity contribution < 1.29 is 13.2 Å². The minimum absolute atomic E-state index is 0.0562. The number of likely N-dealkylation sites (N-methyl/N-ethyl adjacent to an activating group) is 1. The van der Waals surface area contributed by atoms with Gasteiger partial charge in [0.25, 0.3) is 0 Å². The van der Waals surface area contributed by atoms with Crippen LogP contribution in [0.2, 0.25) is 0 Å². The number of carbonyl (C=O) groups excluding carboxylic acids is 1. The van der Waals surface area contributed by atoms with E-state index in [0.717, 1.165) is 4.88 Å². The second-order valence-electron chi connectivity index (χ2n) is 5.15. The Morgan fingerprint density at radius 1 is 1.40 bits per heavy atom. The van der Waals surface area contributed by atoms with E-state index in [1.54, 1.807) is 25.2 Å². The first-order valence-corrected chi connectivity index (χ1v) is 9.01. The molecule has 1 atom stereocenters. The van der Waals surface area contributed by atoms with Gasteiger partial charge in [-0.25, -0.2) is 8.42 Å². The highest BCUT2D eigenvalue weighted by molar-refractivity contribution is 7.92. The van der Waals surface area contributed by atoms with Crippen LogP contribution in [0.25, 0.3) is 0 Å². The van der Waals surface area contributed by atoms with Crippen molar-refractivity contribution in [3.05, 3.63) is 22.4 Å². The number of hydrogen-bond donors (Lipinski definition) is 1. The van der Waals surface area contributed by atoms with Crippen molar-refractivity contribution in [3.8, 4) is 0 Å². The zero-order chi connectivity index (χ0) is 15.3. The molecule has 1 aromatic rings. The number of nitrogens with one attached hydrogen (secondary N) is 1. The van der Waals surface area contributed by atoms with Crippen molar-refractivity contribution in [2.24, 2.45) is 0 Å². The lowest BCUT2D eigenvalue weighted by atomic mass is 10.2. The number of amides is 1. The van der Waals surface area contributed by atoms with Crippen LogP contribution in [-0.2, 0) is 14.6 Å². The van der Waals surface area contributed by atoms with E-state index in [9.17, 15) is 13.2 Å². The molecular weight excluding hydrogens is 296 g/mol. The molecule has 1 unspecified atom stereocenters. The summed E-state index contributed by atoms with van der Waals surface area (Å²) in [6.07, 6.45) is 0. The molecule has 114 valence electrons. The number of hydrogen-bond acceptors (Lipinski definition) is 5. The van der Waals surface area contributed by atoms with Crippen LogP contribution in [0, 0.1) is 0 Å². The summed E-state index contributed by atoms with van der Waals surface area (Å²) in [7, 11) is 0.521. The second kappa shape index (κ2) is 7.19. The normalized spacial score (nSPS) is 13.7. The van der Waals surface area contributed by atoms with Gasteiger partial charge in [-0.3, -0.25) is 4.79 Å². The van der Waals surface area contributed by atoms with Gasteiger partial charge >= 0.3 is 0 Å². The lowest BCUT2D eigenvalue weighted by Crippen LogP contribution is -2.38. The van der Waals surface area contributed by atoms with Crippen LogP contribution in [-0.4, -0.2) is 50.9 Å². The van der Waals surface area contributed by atoms with E-state index in [0.29, 0.717) is 6.54 Å². The lowest BCUT2D eigenvalue weighted by Gasteiger charge is -2.23. The average Bonchev–Trinajstić information content (AvgIpc) is 2.81. The van der Waals surface area contributed by atoms with Crippen molar-refractivity contribution in [1.82, 2.24) is 10.2 Å². The van der Waals surface area contributed by atoms with Crippen LogP contribution in [0.15, 0.2) is 17.5 Å². The molecule has 0 radical (unpaired) electrons. The number of nitrogens with zero attached hydrogens (tertiary/aromatic N) is 1. The van der Waals surface area contributed by atoms with Gasteiger partial charge in [0.05, 0.1) is 11.3 Å². The SMILES string of the molecule is CC(C)S(=O)(=O)CC(=O)NCC(c1cccs1)N(C)C. The van der Waals surface area contributed by atoms with Crippen LogP contribution >= 0.6 is 11.3 Å². The standard InChI is InChI=1S/C13H22N2O3S2/c1-10(2)20(17,18)9-13(16)14-8-11(15(3)4)12-6-5-7-19-12/h5-7,10-11H,8-9H2,1-4H3,(H,14,16). The van der Waals surface area contributed by atoms with Crippen molar-refractivity contribution in [2.45, 2.75) is 25.1 Å². The topological polar surface area (TPSA) is 66.5 Å². The molecule has 0 saturated heterocycles. The fourth-order valence-electron chi connectivity index (χ4n) is 1.63. The van der Waals surface area contributed by atoms with E-state index in [4.69, 9.17) is 0 Å². The van der Waals surface area contributed by atoms with E-state index in [1.807, 2.05) is 36.5 Å². The van der Waals surface area contributed by atoms with Crippen LogP contribution in [0.5, 0.6) is 0 Å². The molecule has 20 heavy (non-hydrogen) atoms. The van der Waals surface area contributed by atoms with Gasteiger partial charge in [0.15, 0.2) is 9.84 Å². The van der Waals surface area contributed by atoms with Gasteiger partial charge in [0, 0.05) is 11.4 Å². The third-order valence-corrected chi connectivity index (χ3v) is 6.11. The van der Waals surface area contributed by atoms with Gasteiger partial charge in [-0.15, -0.1) is 11.3 Å². The van der Waals surface area contributed by atoms with Crippen LogP contribution in [0.4, 0.5) is 0 Å². The molecule has 1 rings (SSSR count). The van der Waals surface area contributed by atoms with Crippen LogP contribution in [0.1, 0.15) is 24.8 Å². The summed E-state index contributed by atoms with van der Waals surface area (Å²) >= 11 is 1.62. The Morgan fingerprint density at radius 3 is 2.50 bits per heavy atom. The van der Waals surface area contributed by atoms with Gasteiger partial charge in [-0.05, 0) is 39.4 Å². The molecule has 0 saturated carbocycles. The van der Waals surface area contributed by atoms with E-state index < -0.39 is 26.7 Å². The Labute approximate surface area is 124 Å². The monoisotopic (exact) mass is 318 g/mol. The lowest BCUT2D eigenvalue weighted by molar-refractivity contribution is -0.118. The zero-order valence-electron chi connectivity index (χ0n) is 12.3. The molecule has 0 bridgehead atoms. The third kappa shape index (κ3) is 4.88. The zero-order valence-corrected chi connectivity index (χ0v) is 13.9. The number of carbonyl (C=O) groups is 1. The van der Waals surface area contributed by atoms with Gasteiger partial charge < -0.3 is 10.2 Å². The summed E-state index contributed by atoms with van der Waals surface area (Å²) in [4.78, 5) is 14.9. The molecule has 0 aliphatic heterocycles. The maximum Gasteiger partial charge on any atom is 0.235 e.